The van der Waals surface area contributed by atoms with Crippen LogP contribution in [0.4, 0.5) is 39.8 Å². The largest absolute Gasteiger partial charge is 0.506 e. The number of benzene rings is 3. The smallest absolute Gasteiger partial charge is 0.243 e. The van der Waals surface area contributed by atoms with Crippen LogP contribution in [0.2, 0.25) is 0 Å². The van der Waals surface area contributed by atoms with Gasteiger partial charge in [-0.3, -0.25) is 0 Å². The van der Waals surface area contributed by atoms with Gasteiger partial charge in [0.05, 0.1) is 30.7 Å². The molecule has 0 bridgehead atoms. The average Bonchev–Trinajstić information content (AvgIpc) is 3.22. The highest BCUT2D eigenvalue weighted by molar-refractivity contribution is 5.82. The minimum atomic E-state index is 0.0796. The summed E-state index contributed by atoms with van der Waals surface area (Å²) in [6, 6.07) is 18.7. The monoisotopic (exact) mass is 444 g/mol. The molecule has 0 fully saturated rings. The molecular weight excluding hydrogens is 414 g/mol. The Labute approximate surface area is 193 Å². The molecule has 0 atom stereocenters. The number of nitrogens with two attached hydrogens (primary N) is 2. The van der Waals surface area contributed by atoms with Crippen LogP contribution in [0, 0.1) is 0 Å². The second-order valence-electron chi connectivity index (χ2n) is 8.00. The van der Waals surface area contributed by atoms with Crippen LogP contribution in [0.25, 0.3) is 0 Å². The molecule has 0 spiro atoms. The fraction of sp³-hybridized carbons (Fsp3) is 0.160. The lowest BCUT2D eigenvalue weighted by Crippen LogP contribution is -2.23. The highest BCUT2D eigenvalue weighted by atomic mass is 16.3. The maximum atomic E-state index is 10.4. The second kappa shape index (κ2) is 9.86. The van der Waals surface area contributed by atoms with E-state index in [9.17, 15) is 5.11 Å². The van der Waals surface area contributed by atoms with Crippen molar-refractivity contribution in [2.75, 3.05) is 34.0 Å². The summed E-state index contributed by atoms with van der Waals surface area (Å²) in [4.78, 5) is 0. The van der Waals surface area contributed by atoms with Crippen molar-refractivity contribution in [3.8, 4) is 5.75 Å². The van der Waals surface area contributed by atoms with Crippen molar-refractivity contribution >= 4 is 39.8 Å². The van der Waals surface area contributed by atoms with Gasteiger partial charge < -0.3 is 32.5 Å². The van der Waals surface area contributed by atoms with E-state index in [1.54, 1.807) is 6.07 Å². The number of rotatable bonds is 9. The Morgan fingerprint density at radius 1 is 0.879 bits per heavy atom. The zero-order valence-corrected chi connectivity index (χ0v) is 18.6. The summed E-state index contributed by atoms with van der Waals surface area (Å²) in [5.74, 6) is 0.0796. The number of nitrogen functional groups attached to an aromatic ring is 2. The Balaban J connectivity index is 1.35. The lowest BCUT2D eigenvalue weighted by molar-refractivity contribution is -0.671. The summed E-state index contributed by atoms with van der Waals surface area (Å²) in [5.41, 5.74) is 17.0. The van der Waals surface area contributed by atoms with Gasteiger partial charge in [-0.15, -0.1) is 0 Å². The van der Waals surface area contributed by atoms with E-state index in [2.05, 4.69) is 33.0 Å². The van der Waals surface area contributed by atoms with Crippen molar-refractivity contribution in [2.24, 2.45) is 7.05 Å². The number of aromatic nitrogens is 2. The van der Waals surface area contributed by atoms with Crippen LogP contribution in [0.1, 0.15) is 6.42 Å². The van der Waals surface area contributed by atoms with Crippen LogP contribution < -0.4 is 32.0 Å². The van der Waals surface area contributed by atoms with Gasteiger partial charge >= 0.3 is 0 Å². The van der Waals surface area contributed by atoms with E-state index in [-0.39, 0.29) is 5.75 Å². The second-order valence-corrected chi connectivity index (χ2v) is 8.00. The van der Waals surface area contributed by atoms with E-state index in [1.807, 2.05) is 66.3 Å². The number of hydrogen-bond donors (Lipinski definition) is 6. The van der Waals surface area contributed by atoms with Gasteiger partial charge in [0, 0.05) is 41.8 Å². The van der Waals surface area contributed by atoms with E-state index in [1.165, 1.54) is 6.07 Å². The van der Waals surface area contributed by atoms with Crippen LogP contribution in [-0.4, -0.2) is 16.2 Å². The molecule has 0 aliphatic rings. The Hall–Kier alpha value is -4.33. The Kier molecular flexibility index (Phi) is 6.54. The first-order valence-corrected chi connectivity index (χ1v) is 10.8. The molecule has 0 saturated carbocycles. The maximum absolute atomic E-state index is 10.4. The number of aryl methyl sites for hydroxylation is 2. The molecule has 0 unspecified atom stereocenters. The van der Waals surface area contributed by atoms with Crippen molar-refractivity contribution in [1.82, 2.24) is 4.57 Å². The lowest BCUT2D eigenvalue weighted by atomic mass is 10.2. The van der Waals surface area contributed by atoms with Crippen molar-refractivity contribution < 1.29 is 9.67 Å². The molecule has 1 heterocycles. The number of aromatic hydroxyl groups is 1. The third-order valence-corrected chi connectivity index (χ3v) is 5.27. The lowest BCUT2D eigenvalue weighted by Gasteiger charge is -2.15. The van der Waals surface area contributed by atoms with Crippen LogP contribution in [-0.2, 0) is 13.6 Å². The number of phenols is 1. The molecule has 33 heavy (non-hydrogen) atoms. The van der Waals surface area contributed by atoms with Gasteiger partial charge in [-0.2, -0.15) is 0 Å². The van der Waals surface area contributed by atoms with Gasteiger partial charge in [0.15, 0.2) is 0 Å². The summed E-state index contributed by atoms with van der Waals surface area (Å²) < 4.78 is 4.21. The van der Waals surface area contributed by atoms with Crippen LogP contribution in [0.5, 0.6) is 5.75 Å². The summed E-state index contributed by atoms with van der Waals surface area (Å²) in [6.07, 6.45) is 7.21. The Morgan fingerprint density at radius 3 is 2.18 bits per heavy atom. The topological polar surface area (TPSA) is 117 Å². The zero-order valence-electron chi connectivity index (χ0n) is 18.6. The summed E-state index contributed by atoms with van der Waals surface area (Å²) in [7, 11) is 2.02. The first-order valence-electron chi connectivity index (χ1n) is 10.8. The fourth-order valence-electron chi connectivity index (χ4n) is 3.49. The number of nitrogens with zero attached hydrogens (tertiary/aromatic N) is 2. The van der Waals surface area contributed by atoms with Gasteiger partial charge in [0.2, 0.25) is 6.33 Å². The molecule has 0 amide bonds. The Bertz CT molecular complexity index is 1200. The molecule has 4 rings (SSSR count). The quantitative estimate of drug-likeness (QED) is 0.0759. The molecule has 1 aromatic heterocycles. The molecule has 0 radical (unpaired) electrons. The standard InChI is InChI=1S/C25H29N7O/c1-31-13-14-32(17-31)12-2-11-28-19-7-9-21(10-8-19)30-24-16-23(22(27)15-25(24)33)29-20-5-3-18(26)4-6-20/h3-10,13-17,28-30H,2,11-12,26-27H2,1H3/p+1. The van der Waals surface area contributed by atoms with Crippen molar-refractivity contribution in [3.05, 3.63) is 79.4 Å². The predicted octanol–water partition coefficient (Wildman–Crippen LogP) is 4.17. The minimum absolute atomic E-state index is 0.0796. The first-order chi connectivity index (χ1) is 16.0. The highest BCUT2D eigenvalue weighted by Gasteiger charge is 2.09. The van der Waals surface area contributed by atoms with Crippen LogP contribution in [0.15, 0.2) is 79.4 Å². The van der Waals surface area contributed by atoms with E-state index in [0.29, 0.717) is 22.7 Å². The van der Waals surface area contributed by atoms with Crippen molar-refractivity contribution in [1.29, 1.82) is 0 Å². The first kappa shape index (κ1) is 21.9. The van der Waals surface area contributed by atoms with E-state index in [0.717, 1.165) is 36.6 Å². The van der Waals surface area contributed by atoms with Crippen molar-refractivity contribution in [2.45, 2.75) is 13.0 Å². The third kappa shape index (κ3) is 5.88. The number of hydrogen-bond acceptors (Lipinski definition) is 6. The molecule has 8 heteroatoms. The van der Waals surface area contributed by atoms with E-state index >= 15 is 0 Å². The van der Waals surface area contributed by atoms with Crippen LogP contribution in [0.3, 0.4) is 0 Å². The third-order valence-electron chi connectivity index (χ3n) is 5.27. The normalized spacial score (nSPS) is 10.7. The van der Waals surface area contributed by atoms with Crippen molar-refractivity contribution in [3.63, 3.8) is 0 Å². The molecule has 4 aromatic rings. The summed E-state index contributed by atoms with van der Waals surface area (Å²) in [5, 5.41) is 20.3. The molecular formula is C25H30N7O+. The van der Waals surface area contributed by atoms with Gasteiger partial charge in [0.1, 0.15) is 18.1 Å². The number of phenolic OH excluding ortho intramolecular Hbond substituents is 1. The number of imidazole rings is 1. The summed E-state index contributed by atoms with van der Waals surface area (Å²) in [6.45, 7) is 1.85. The number of nitrogens with one attached hydrogen (secondary N) is 3. The molecule has 8 nitrogen and oxygen atoms in total. The maximum Gasteiger partial charge on any atom is 0.243 e. The molecule has 0 saturated heterocycles. The molecule has 0 aliphatic heterocycles. The molecule has 0 aliphatic carbocycles. The number of anilines is 7. The highest BCUT2D eigenvalue weighted by Crippen LogP contribution is 2.36. The fourth-order valence-corrected chi connectivity index (χ4v) is 3.49. The van der Waals surface area contributed by atoms with Gasteiger partial charge in [-0.1, -0.05) is 0 Å². The molecule has 8 N–H and O–H groups in total. The SMILES string of the molecule is C[n+]1ccn(CCCNc2ccc(Nc3cc(Nc4ccc(N)cc4)c(N)cc3O)cc2)c1. The Morgan fingerprint density at radius 2 is 1.52 bits per heavy atom. The van der Waals surface area contributed by atoms with Gasteiger partial charge in [-0.05, 0) is 54.6 Å². The molecule has 170 valence electrons. The minimum Gasteiger partial charge on any atom is -0.506 e. The zero-order chi connectivity index (χ0) is 23.2. The van der Waals surface area contributed by atoms with Gasteiger partial charge in [-0.25, -0.2) is 9.13 Å². The molecule has 3 aromatic carbocycles. The predicted molar refractivity (Wildman–Crippen MR) is 135 cm³/mol. The average molecular weight is 445 g/mol. The van der Waals surface area contributed by atoms with E-state index < -0.39 is 0 Å². The van der Waals surface area contributed by atoms with E-state index in [4.69, 9.17) is 11.5 Å². The van der Waals surface area contributed by atoms with Crippen LogP contribution >= 0.6 is 0 Å². The van der Waals surface area contributed by atoms with Gasteiger partial charge in [0.25, 0.3) is 0 Å². The summed E-state index contributed by atoms with van der Waals surface area (Å²) >= 11 is 0.